The number of carbonyl (C=O) groups is 2. The van der Waals surface area contributed by atoms with Crippen LogP contribution in [0.25, 0.3) is 0 Å². The number of anilines is 2. The van der Waals surface area contributed by atoms with Gasteiger partial charge in [-0.05, 0) is 31.9 Å². The van der Waals surface area contributed by atoms with Gasteiger partial charge in [-0.2, -0.15) is 5.10 Å². The van der Waals surface area contributed by atoms with Crippen molar-refractivity contribution in [3.05, 3.63) is 42.1 Å². The fourth-order valence-corrected chi connectivity index (χ4v) is 3.72. The van der Waals surface area contributed by atoms with Crippen LogP contribution in [0.2, 0.25) is 0 Å². The van der Waals surface area contributed by atoms with E-state index in [4.69, 9.17) is 0 Å². The Kier molecular flexibility index (Phi) is 6.33. The molecule has 3 rings (SSSR count). The number of amides is 2. The van der Waals surface area contributed by atoms with Crippen molar-refractivity contribution in [3.8, 4) is 0 Å². The van der Waals surface area contributed by atoms with Gasteiger partial charge in [-0.15, -0.1) is 11.8 Å². The van der Waals surface area contributed by atoms with Crippen LogP contribution >= 0.6 is 11.8 Å². The highest BCUT2D eigenvalue weighted by molar-refractivity contribution is 8.00. The maximum atomic E-state index is 12.2. The third-order valence-corrected chi connectivity index (χ3v) is 5.34. The lowest BCUT2D eigenvalue weighted by Crippen LogP contribution is -2.21. The van der Waals surface area contributed by atoms with Crippen molar-refractivity contribution in [2.75, 3.05) is 22.1 Å². The summed E-state index contributed by atoms with van der Waals surface area (Å²) < 4.78 is 1.92. The Morgan fingerprint density at radius 2 is 1.73 bits per heavy atom. The largest absolute Gasteiger partial charge is 0.325 e. The minimum Gasteiger partial charge on any atom is -0.325 e. The summed E-state index contributed by atoms with van der Waals surface area (Å²) in [5, 5.41) is 10.1. The number of hydrogen-bond donors (Lipinski definition) is 2. The van der Waals surface area contributed by atoms with Gasteiger partial charge < -0.3 is 10.6 Å². The van der Waals surface area contributed by atoms with Crippen LogP contribution in [0.4, 0.5) is 11.5 Å². The van der Waals surface area contributed by atoms with E-state index < -0.39 is 0 Å². The predicted octanol–water partition coefficient (Wildman–Crippen LogP) is 3.62. The molecule has 1 aliphatic carbocycles. The number of thioether (sulfide) groups is 1. The van der Waals surface area contributed by atoms with Crippen LogP contribution < -0.4 is 10.6 Å². The first-order valence-corrected chi connectivity index (χ1v) is 10.0. The smallest absolute Gasteiger partial charge is 0.235 e. The Balaban J connectivity index is 1.41. The molecule has 0 spiro atoms. The molecule has 0 aliphatic heterocycles. The summed E-state index contributed by atoms with van der Waals surface area (Å²) in [7, 11) is 0. The second kappa shape index (κ2) is 8.89. The van der Waals surface area contributed by atoms with E-state index in [1.165, 1.54) is 24.6 Å². The minimum atomic E-state index is -0.113. The lowest BCUT2D eigenvalue weighted by atomic mass is 10.2. The Hall–Kier alpha value is -2.28. The normalized spacial score (nSPS) is 14.3. The molecule has 1 aliphatic rings. The van der Waals surface area contributed by atoms with Crippen LogP contribution in [0.1, 0.15) is 37.3 Å². The fourth-order valence-electron chi connectivity index (χ4n) is 3.10. The molecule has 138 valence electrons. The average molecular weight is 372 g/mol. The number of rotatable bonds is 7. The van der Waals surface area contributed by atoms with Crippen LogP contribution in [-0.2, 0) is 9.59 Å². The highest BCUT2D eigenvalue weighted by Crippen LogP contribution is 2.31. The van der Waals surface area contributed by atoms with Gasteiger partial charge in [0.05, 0.1) is 23.7 Å². The Morgan fingerprint density at radius 3 is 2.42 bits per heavy atom. The molecule has 0 saturated heterocycles. The first kappa shape index (κ1) is 18.5. The number of benzene rings is 1. The van der Waals surface area contributed by atoms with Crippen molar-refractivity contribution in [2.24, 2.45) is 0 Å². The van der Waals surface area contributed by atoms with E-state index in [1.807, 2.05) is 41.9 Å². The summed E-state index contributed by atoms with van der Waals surface area (Å²) >= 11 is 1.30. The topological polar surface area (TPSA) is 76.0 Å². The minimum absolute atomic E-state index is 0.109. The number of aromatic nitrogens is 2. The van der Waals surface area contributed by atoms with Crippen molar-refractivity contribution in [1.29, 1.82) is 0 Å². The summed E-state index contributed by atoms with van der Waals surface area (Å²) in [5.74, 6) is 0.993. The van der Waals surface area contributed by atoms with Gasteiger partial charge in [0, 0.05) is 11.8 Å². The van der Waals surface area contributed by atoms with Gasteiger partial charge in [-0.25, -0.2) is 4.68 Å². The molecule has 7 heteroatoms. The van der Waals surface area contributed by atoms with Gasteiger partial charge in [-0.3, -0.25) is 9.59 Å². The molecule has 26 heavy (non-hydrogen) atoms. The lowest BCUT2D eigenvalue weighted by molar-refractivity contribution is -0.114. The summed E-state index contributed by atoms with van der Waals surface area (Å²) in [6.07, 6.45) is 6.36. The molecule has 2 aromatic rings. The number of hydrogen-bond acceptors (Lipinski definition) is 4. The Labute approximate surface area is 157 Å². The molecule has 2 N–H and O–H groups in total. The summed E-state index contributed by atoms with van der Waals surface area (Å²) in [5.41, 5.74) is 1.91. The van der Waals surface area contributed by atoms with Crippen molar-refractivity contribution in [2.45, 2.75) is 38.6 Å². The van der Waals surface area contributed by atoms with E-state index in [0.717, 1.165) is 29.9 Å². The van der Waals surface area contributed by atoms with E-state index in [0.29, 0.717) is 6.04 Å². The van der Waals surface area contributed by atoms with E-state index in [-0.39, 0.29) is 23.3 Å². The Morgan fingerprint density at radius 1 is 1.08 bits per heavy atom. The average Bonchev–Trinajstić information content (AvgIpc) is 3.28. The van der Waals surface area contributed by atoms with Gasteiger partial charge in [0.1, 0.15) is 5.82 Å². The quantitative estimate of drug-likeness (QED) is 0.778. The molecule has 0 bridgehead atoms. The third-order valence-electron chi connectivity index (χ3n) is 4.41. The maximum absolute atomic E-state index is 12.2. The SMILES string of the molecule is Cc1ccc(NC(=O)CSCC(=O)Nc2ccnn2C2CCCC2)cc1. The molecule has 1 aromatic heterocycles. The monoisotopic (exact) mass is 372 g/mol. The molecule has 2 amide bonds. The lowest BCUT2D eigenvalue weighted by Gasteiger charge is -2.14. The van der Waals surface area contributed by atoms with Crippen molar-refractivity contribution < 1.29 is 9.59 Å². The summed E-state index contributed by atoms with van der Waals surface area (Å²) in [6.45, 7) is 2.00. The molecular formula is C19H24N4O2S. The van der Waals surface area contributed by atoms with Crippen molar-refractivity contribution in [1.82, 2.24) is 9.78 Å². The summed E-state index contributed by atoms with van der Waals surface area (Å²) in [4.78, 5) is 24.1. The fraction of sp³-hybridized carbons (Fsp3) is 0.421. The van der Waals surface area contributed by atoms with Gasteiger partial charge in [-0.1, -0.05) is 30.5 Å². The van der Waals surface area contributed by atoms with Crippen molar-refractivity contribution >= 4 is 35.1 Å². The molecule has 0 atom stereocenters. The number of nitrogens with zero attached hydrogens (tertiary/aromatic N) is 2. The molecule has 6 nitrogen and oxygen atoms in total. The first-order valence-electron chi connectivity index (χ1n) is 8.89. The zero-order chi connectivity index (χ0) is 18.4. The first-order chi connectivity index (χ1) is 12.6. The highest BCUT2D eigenvalue weighted by Gasteiger charge is 2.20. The summed E-state index contributed by atoms with van der Waals surface area (Å²) in [6, 6.07) is 9.84. The van der Waals surface area contributed by atoms with Crippen LogP contribution in [0, 0.1) is 6.92 Å². The van der Waals surface area contributed by atoms with Crippen molar-refractivity contribution in [3.63, 3.8) is 0 Å². The number of aryl methyl sites for hydroxylation is 1. The molecule has 1 saturated carbocycles. The molecule has 1 aromatic carbocycles. The third kappa shape index (κ3) is 5.11. The molecular weight excluding hydrogens is 348 g/mol. The predicted molar refractivity (Wildman–Crippen MR) is 105 cm³/mol. The van der Waals surface area contributed by atoms with Crippen LogP contribution in [-0.4, -0.2) is 33.1 Å². The molecule has 1 heterocycles. The molecule has 0 radical (unpaired) electrons. The highest BCUT2D eigenvalue weighted by atomic mass is 32.2. The standard InChI is InChI=1S/C19H24N4O2S/c1-14-6-8-15(9-7-14)21-18(24)12-26-13-19(25)22-17-10-11-20-23(17)16-4-2-3-5-16/h6-11,16H,2-5,12-13H2,1H3,(H,21,24)(H,22,25). The van der Waals surface area contributed by atoms with Crippen LogP contribution in [0.3, 0.4) is 0 Å². The number of carbonyl (C=O) groups excluding carboxylic acids is 2. The molecule has 1 fully saturated rings. The maximum Gasteiger partial charge on any atom is 0.235 e. The number of nitrogens with one attached hydrogen (secondary N) is 2. The van der Waals surface area contributed by atoms with E-state index in [2.05, 4.69) is 15.7 Å². The van der Waals surface area contributed by atoms with Gasteiger partial charge in [0.25, 0.3) is 0 Å². The molecule has 0 unspecified atom stereocenters. The second-order valence-electron chi connectivity index (χ2n) is 6.55. The van der Waals surface area contributed by atoms with Crippen LogP contribution in [0.15, 0.2) is 36.5 Å². The van der Waals surface area contributed by atoms with Crippen LogP contribution in [0.5, 0.6) is 0 Å². The van der Waals surface area contributed by atoms with E-state index in [1.54, 1.807) is 6.20 Å². The van der Waals surface area contributed by atoms with E-state index in [9.17, 15) is 9.59 Å². The van der Waals surface area contributed by atoms with E-state index >= 15 is 0 Å². The van der Waals surface area contributed by atoms with Gasteiger partial charge >= 0.3 is 0 Å². The zero-order valence-electron chi connectivity index (χ0n) is 14.9. The van der Waals surface area contributed by atoms with Gasteiger partial charge in [0.15, 0.2) is 0 Å². The second-order valence-corrected chi connectivity index (χ2v) is 7.54. The Bertz CT molecular complexity index is 751. The van der Waals surface area contributed by atoms with Gasteiger partial charge in [0.2, 0.25) is 11.8 Å². The zero-order valence-corrected chi connectivity index (χ0v) is 15.7.